The number of aromatic nitrogens is 3. The number of carbonyl (C=O) groups is 3. The number of nitriles is 3. The molecule has 6 aliphatic heterocycles. The number of carboxylic acids is 1. The Hall–Kier alpha value is -7.80. The van der Waals surface area contributed by atoms with Gasteiger partial charge in [0.2, 0.25) is 0 Å². The maximum atomic E-state index is 14.6. The van der Waals surface area contributed by atoms with Gasteiger partial charge in [0.1, 0.15) is 63.9 Å². The number of anilines is 3. The van der Waals surface area contributed by atoms with Gasteiger partial charge in [-0.25, -0.2) is 13.2 Å². The first kappa shape index (κ1) is 64.7. The topological polar surface area (TPSA) is 227 Å². The summed E-state index contributed by atoms with van der Waals surface area (Å²) in [5, 5.41) is 38.5. The summed E-state index contributed by atoms with van der Waals surface area (Å²) in [6, 6.07) is 21.3. The first-order valence-electron chi connectivity index (χ1n) is 30.9. The minimum atomic E-state index is -0.673. The fourth-order valence-electron chi connectivity index (χ4n) is 14.5. The van der Waals surface area contributed by atoms with Gasteiger partial charge in [0.15, 0.2) is 0 Å². The molecular weight excluding hydrogens is 1120 g/mol. The lowest BCUT2D eigenvalue weighted by Gasteiger charge is -2.39. The highest BCUT2D eigenvalue weighted by molar-refractivity contribution is 5.97. The molecule has 464 valence electrons. The Labute approximate surface area is 514 Å². The van der Waals surface area contributed by atoms with E-state index in [1.54, 1.807) is 24.7 Å². The normalized spacial score (nSPS) is 22.7. The molecule has 3 aromatic heterocycles. The summed E-state index contributed by atoms with van der Waals surface area (Å²) in [4.78, 5) is 61.0. The predicted molar refractivity (Wildman–Crippen MR) is 336 cm³/mol. The third-order valence-corrected chi connectivity index (χ3v) is 18.0. The molecule has 0 unspecified atom stereocenters. The number of benzene rings is 3. The van der Waals surface area contributed by atoms with Crippen LogP contribution in [0.5, 0.6) is 0 Å². The molecule has 6 aromatic rings. The third kappa shape index (κ3) is 15.9. The molecule has 3 aromatic carbocycles. The van der Waals surface area contributed by atoms with E-state index < -0.39 is 23.4 Å². The molecule has 6 aliphatic rings. The predicted octanol–water partition coefficient (Wildman–Crippen LogP) is 9.68. The average molecular weight is 1200 g/mol. The summed E-state index contributed by atoms with van der Waals surface area (Å²) >= 11 is 0. The summed E-state index contributed by atoms with van der Waals surface area (Å²) < 4.78 is 43.4. The van der Waals surface area contributed by atoms with Crippen molar-refractivity contribution in [2.45, 2.75) is 78.2 Å². The molecule has 6 atom stereocenters. The Kier molecular flexibility index (Phi) is 21.3. The number of ketones is 2. The quantitative estimate of drug-likeness (QED) is 0.110. The largest absolute Gasteiger partial charge is 0.481 e. The maximum Gasteiger partial charge on any atom is 0.303 e. The first-order valence-corrected chi connectivity index (χ1v) is 30.9. The number of hydrogen-bond acceptors (Lipinski definition) is 16. The molecule has 0 amide bonds. The number of pyridine rings is 3. The second-order valence-electron chi connectivity index (χ2n) is 26.3. The van der Waals surface area contributed by atoms with Crippen LogP contribution in [0.4, 0.5) is 30.2 Å². The second-order valence-corrected chi connectivity index (χ2v) is 26.3. The Morgan fingerprint density at radius 3 is 1.10 bits per heavy atom. The minimum Gasteiger partial charge on any atom is -0.481 e. The van der Waals surface area contributed by atoms with E-state index in [0.717, 1.165) is 124 Å². The number of aliphatic carboxylic acids is 1. The number of hydrogen-bond donors (Lipinski definition) is 2. The van der Waals surface area contributed by atoms with Crippen molar-refractivity contribution in [2.75, 3.05) is 114 Å². The lowest BCUT2D eigenvalue weighted by Crippen LogP contribution is -2.46. The van der Waals surface area contributed by atoms with Crippen molar-refractivity contribution in [3.63, 3.8) is 0 Å². The van der Waals surface area contributed by atoms with Gasteiger partial charge in [-0.1, -0.05) is 20.8 Å². The fraction of sp³-hybridized carbons (Fsp3) is 0.515. The SMILES string of the molecule is CN1CC(CC(=O)O)C1.C[C@H]1C[C@@H](CC(=O)CC2CN(C)C2)CN(c2cc(F)c(C#N)c3ncccc23)C1.C[C@H]1C[C@@H](CC(=O)CC2CN(C)C2)CN(c2cc(F)c(C#N)c3ncccc23)C1.C[C@H]1C[C@@H](N)CN(c2cc(F)c(C#N)c3ncccc23)C1. The Morgan fingerprint density at radius 2 is 0.795 bits per heavy atom. The number of halogens is 3. The van der Waals surface area contributed by atoms with Crippen LogP contribution in [0.3, 0.4) is 0 Å². The van der Waals surface area contributed by atoms with Crippen molar-refractivity contribution < 1.29 is 32.7 Å². The van der Waals surface area contributed by atoms with Gasteiger partial charge in [-0.3, -0.25) is 29.3 Å². The Balaban J connectivity index is 0.000000148. The Morgan fingerprint density at radius 1 is 0.489 bits per heavy atom. The van der Waals surface area contributed by atoms with Crippen LogP contribution in [0.25, 0.3) is 32.7 Å². The smallest absolute Gasteiger partial charge is 0.303 e. The summed E-state index contributed by atoms with van der Waals surface area (Å²) in [6.45, 7) is 17.1. The van der Waals surface area contributed by atoms with Gasteiger partial charge in [0.25, 0.3) is 0 Å². The van der Waals surface area contributed by atoms with Gasteiger partial charge in [0.05, 0.1) is 23.0 Å². The average Bonchev–Trinajstić information content (AvgIpc) is 0.950. The molecule has 0 aliphatic carbocycles. The zero-order valence-electron chi connectivity index (χ0n) is 51.5. The fourth-order valence-corrected chi connectivity index (χ4v) is 14.5. The number of likely N-dealkylation sites (tertiary alicyclic amines) is 3. The minimum absolute atomic E-state index is 0.00343. The molecule has 12 rings (SSSR count). The molecule has 0 radical (unpaired) electrons. The molecular formula is C68H82F3N13O4. The van der Waals surface area contributed by atoms with Gasteiger partial charge in [-0.05, 0) is 142 Å². The van der Waals surface area contributed by atoms with Crippen molar-refractivity contribution >= 4 is 67.3 Å². The molecule has 0 bridgehead atoms. The number of Topliss-reactive ketones (excluding diaryl/α,β-unsaturated/α-hetero) is 2. The number of fused-ring (bicyclic) bond motifs is 3. The monoisotopic (exact) mass is 1200 g/mol. The van der Waals surface area contributed by atoms with Gasteiger partial charge in [-0.2, -0.15) is 15.8 Å². The number of carboxylic acid groups (broad SMARTS) is 1. The molecule has 6 fully saturated rings. The van der Waals surface area contributed by atoms with E-state index in [-0.39, 0.29) is 34.6 Å². The van der Waals surface area contributed by atoms with E-state index >= 15 is 0 Å². The number of nitrogens with two attached hydrogens (primary N) is 1. The maximum absolute atomic E-state index is 14.6. The van der Waals surface area contributed by atoms with Crippen LogP contribution < -0.4 is 20.4 Å². The number of rotatable bonds is 13. The molecule has 88 heavy (non-hydrogen) atoms. The number of nitrogens with zero attached hydrogens (tertiary/aromatic N) is 12. The lowest BCUT2D eigenvalue weighted by molar-refractivity contribution is -0.139. The van der Waals surface area contributed by atoms with Gasteiger partial charge in [0, 0.05) is 162 Å². The van der Waals surface area contributed by atoms with Crippen molar-refractivity contribution in [3.05, 3.63) is 107 Å². The van der Waals surface area contributed by atoms with Gasteiger partial charge in [-0.15, -0.1) is 0 Å². The third-order valence-electron chi connectivity index (χ3n) is 18.0. The molecule has 9 heterocycles. The van der Waals surface area contributed by atoms with Crippen molar-refractivity contribution in [1.82, 2.24) is 29.7 Å². The zero-order chi connectivity index (χ0) is 62.9. The molecule has 17 nitrogen and oxygen atoms in total. The summed E-state index contributed by atoms with van der Waals surface area (Å²) in [6.07, 6.45) is 10.6. The van der Waals surface area contributed by atoms with Crippen LogP contribution in [-0.4, -0.2) is 158 Å². The van der Waals surface area contributed by atoms with Crippen molar-refractivity contribution in [2.24, 2.45) is 53.1 Å². The first-order chi connectivity index (χ1) is 42.2. The number of carbonyl (C=O) groups excluding carboxylic acids is 2. The molecule has 3 N–H and O–H groups in total. The van der Waals surface area contributed by atoms with Gasteiger partial charge < -0.3 is 40.2 Å². The summed E-state index contributed by atoms with van der Waals surface area (Å²) in [5.41, 5.74) is 9.63. The second kappa shape index (κ2) is 29.0. The van der Waals surface area contributed by atoms with Crippen LogP contribution in [-0.2, 0) is 14.4 Å². The molecule has 0 spiro atoms. The highest BCUT2D eigenvalue weighted by Crippen LogP contribution is 2.38. The summed E-state index contributed by atoms with van der Waals surface area (Å²) in [7, 11) is 6.16. The van der Waals surface area contributed by atoms with Crippen LogP contribution in [0, 0.1) is 98.8 Å². The van der Waals surface area contributed by atoms with E-state index in [0.29, 0.717) is 102 Å². The Bertz CT molecular complexity index is 3460. The van der Waals surface area contributed by atoms with E-state index in [1.807, 2.05) is 55.6 Å². The van der Waals surface area contributed by atoms with Crippen LogP contribution >= 0.6 is 0 Å². The van der Waals surface area contributed by atoms with Gasteiger partial charge >= 0.3 is 5.97 Å². The van der Waals surface area contributed by atoms with Crippen molar-refractivity contribution in [1.29, 1.82) is 15.8 Å². The van der Waals surface area contributed by atoms with Crippen LogP contribution in [0.1, 0.15) is 88.8 Å². The van der Waals surface area contributed by atoms with E-state index in [2.05, 4.69) is 79.2 Å². The van der Waals surface area contributed by atoms with Crippen molar-refractivity contribution in [3.8, 4) is 18.2 Å². The lowest BCUT2D eigenvalue weighted by atomic mass is 9.84. The van der Waals surface area contributed by atoms with E-state index in [1.165, 1.54) is 18.2 Å². The van der Waals surface area contributed by atoms with E-state index in [9.17, 15) is 38.1 Å². The summed E-state index contributed by atoms with van der Waals surface area (Å²) in [5.74, 6) is 1.69. The highest BCUT2D eigenvalue weighted by Gasteiger charge is 2.34. The molecule has 6 saturated heterocycles. The van der Waals surface area contributed by atoms with E-state index in [4.69, 9.17) is 16.1 Å². The molecule has 20 heteroatoms. The van der Waals surface area contributed by atoms with Crippen LogP contribution in [0.15, 0.2) is 73.2 Å². The standard InChI is InChI=1S/2C23H27FN4O.C16H17FN4.C6H11NO2/c2*1-15-6-16(7-18(29)8-17-12-27(2)13-17)14-28(11-15)22-9-21(24)20(10-25)23-19(22)4-3-5-26-23;1-10-5-11(19)9-21(8-10)15-6-14(17)13(7-18)16-12(15)3-2-4-20-16;1-7-3-5(4-7)2-6(8)9/h2*3-5,9,15-17H,6-8,11-14H2,1-2H3;2-4,6,10-11H,5,8-9,19H2,1H3;5H,2-4H2,1H3,(H,8,9)/t2*15-,16-;10-,11+;/m000./s1. The zero-order valence-corrected chi connectivity index (χ0v) is 51.5. The number of piperidine rings is 3. The molecule has 0 saturated carbocycles. The van der Waals surface area contributed by atoms with Crippen LogP contribution in [0.2, 0.25) is 0 Å². The highest BCUT2D eigenvalue weighted by atomic mass is 19.1.